The van der Waals surface area contributed by atoms with Gasteiger partial charge >= 0.3 is 20.3 Å². The summed E-state index contributed by atoms with van der Waals surface area (Å²) in [7, 11) is -1.49. The number of hydrogen-bond acceptors (Lipinski definition) is 7. The highest BCUT2D eigenvalue weighted by Crippen LogP contribution is 2.40. The van der Waals surface area contributed by atoms with Gasteiger partial charge in [0.15, 0.2) is 6.79 Å². The lowest BCUT2D eigenvalue weighted by molar-refractivity contribution is -0.0126. The molecule has 0 fully saturated rings. The molecule has 0 saturated carbocycles. The fraction of sp³-hybridized carbons (Fsp3) is 0.333. The van der Waals surface area contributed by atoms with Crippen molar-refractivity contribution in [2.75, 3.05) is 13.9 Å². The molecular weight excluding hydrogens is 609 g/mol. The Bertz CT molecular complexity index is 1730. The number of methoxy groups -OCH3 is 1. The summed E-state index contributed by atoms with van der Waals surface area (Å²) in [4.78, 5) is 26.8. The van der Waals surface area contributed by atoms with Crippen molar-refractivity contribution in [3.63, 3.8) is 0 Å². The molecule has 0 aliphatic heterocycles. The Kier molecular flexibility index (Phi) is 10.8. The van der Waals surface area contributed by atoms with Crippen LogP contribution in [0.5, 0.6) is 11.5 Å². The first-order valence-corrected chi connectivity index (χ1v) is 17.6. The van der Waals surface area contributed by atoms with E-state index in [1.807, 2.05) is 39.0 Å². The van der Waals surface area contributed by atoms with Gasteiger partial charge in [-0.1, -0.05) is 81.4 Å². The van der Waals surface area contributed by atoms with Crippen LogP contribution in [0, 0.1) is 41.5 Å². The zero-order valence-electron chi connectivity index (χ0n) is 29.2. The highest BCUT2D eigenvalue weighted by atomic mass is 28.4. The molecule has 4 aromatic carbocycles. The number of hydrogen-bond donors (Lipinski definition) is 1. The second-order valence-corrected chi connectivity index (χ2v) is 17.2. The monoisotopic (exact) mass is 654 g/mol. The van der Waals surface area contributed by atoms with Gasteiger partial charge in [0, 0.05) is 12.7 Å². The van der Waals surface area contributed by atoms with E-state index in [1.54, 1.807) is 20.8 Å². The van der Waals surface area contributed by atoms with Gasteiger partial charge in [-0.3, -0.25) is 0 Å². The van der Waals surface area contributed by atoms with E-state index in [1.165, 1.54) is 7.11 Å². The molecular formula is C39H46O7Si. The third-order valence-corrected chi connectivity index (χ3v) is 14.1. The van der Waals surface area contributed by atoms with E-state index in [0.29, 0.717) is 38.9 Å². The van der Waals surface area contributed by atoms with Crippen molar-refractivity contribution in [1.29, 1.82) is 0 Å². The van der Waals surface area contributed by atoms with E-state index in [-0.39, 0.29) is 17.6 Å². The standard InChI is InChI=1S/C39H46O7Si/c1-24-21-33(46-47(39(7,8)9,30-17-13-11-14-18-30)31-19-15-12-16-20-31)25(2)26(3)34(24)38(42)45-36-28(5)27(4)35(29(6)32(36)22-40)37(41)44-23-43-10/h11-21,40H,22-23H2,1-10H3. The molecule has 0 atom stereocenters. The second kappa shape index (κ2) is 14.3. The summed E-state index contributed by atoms with van der Waals surface area (Å²) in [5.74, 6) is -0.161. The Morgan fingerprint density at radius 2 is 1.26 bits per heavy atom. The van der Waals surface area contributed by atoms with Gasteiger partial charge in [0.05, 0.1) is 17.7 Å². The predicted molar refractivity (Wildman–Crippen MR) is 188 cm³/mol. The molecule has 248 valence electrons. The molecule has 0 radical (unpaired) electrons. The van der Waals surface area contributed by atoms with E-state index in [9.17, 15) is 14.7 Å². The van der Waals surface area contributed by atoms with Gasteiger partial charge in [-0.05, 0) is 96.4 Å². The quantitative estimate of drug-likeness (QED) is 0.0857. The molecule has 8 heteroatoms. The zero-order chi connectivity index (χ0) is 34.7. The number of aryl methyl sites for hydroxylation is 1. The molecule has 0 spiro atoms. The van der Waals surface area contributed by atoms with E-state index in [2.05, 4.69) is 69.3 Å². The average molecular weight is 655 g/mol. The summed E-state index contributed by atoms with van der Waals surface area (Å²) >= 11 is 0. The summed E-state index contributed by atoms with van der Waals surface area (Å²) in [5, 5.41) is 12.4. The first-order valence-electron chi connectivity index (χ1n) is 15.7. The molecule has 0 bridgehead atoms. The molecule has 0 saturated heterocycles. The third-order valence-electron chi connectivity index (χ3n) is 9.18. The molecule has 0 amide bonds. The largest absolute Gasteiger partial charge is 0.534 e. The van der Waals surface area contributed by atoms with E-state index in [0.717, 1.165) is 27.2 Å². The maximum Gasteiger partial charge on any atom is 0.344 e. The van der Waals surface area contributed by atoms with Crippen LogP contribution in [-0.2, 0) is 16.1 Å². The van der Waals surface area contributed by atoms with Crippen LogP contribution in [0.4, 0.5) is 0 Å². The van der Waals surface area contributed by atoms with Gasteiger partial charge in [0.1, 0.15) is 11.5 Å². The Morgan fingerprint density at radius 3 is 1.74 bits per heavy atom. The van der Waals surface area contributed by atoms with Gasteiger partial charge in [0.25, 0.3) is 0 Å². The smallest absolute Gasteiger partial charge is 0.344 e. The number of carbonyl (C=O) groups is 2. The highest BCUT2D eigenvalue weighted by molar-refractivity contribution is 7.00. The van der Waals surface area contributed by atoms with Crippen LogP contribution in [0.25, 0.3) is 0 Å². The van der Waals surface area contributed by atoms with Crippen molar-refractivity contribution in [2.45, 2.75) is 74.0 Å². The number of rotatable bonds is 10. The Morgan fingerprint density at radius 1 is 0.723 bits per heavy atom. The van der Waals surface area contributed by atoms with Gasteiger partial charge in [-0.2, -0.15) is 0 Å². The van der Waals surface area contributed by atoms with E-state index < -0.39 is 26.9 Å². The fourth-order valence-electron chi connectivity index (χ4n) is 6.43. The molecule has 4 aromatic rings. The minimum Gasteiger partial charge on any atom is -0.534 e. The van der Waals surface area contributed by atoms with E-state index >= 15 is 0 Å². The van der Waals surface area contributed by atoms with Crippen LogP contribution in [-0.4, -0.2) is 39.3 Å². The topological polar surface area (TPSA) is 91.3 Å². The lowest BCUT2D eigenvalue weighted by Gasteiger charge is -2.43. The predicted octanol–water partition coefficient (Wildman–Crippen LogP) is 6.95. The van der Waals surface area contributed by atoms with Crippen molar-refractivity contribution in [3.8, 4) is 11.5 Å². The number of esters is 2. The molecule has 1 N–H and O–H groups in total. The van der Waals surface area contributed by atoms with Crippen molar-refractivity contribution in [3.05, 3.63) is 117 Å². The lowest BCUT2D eigenvalue weighted by Crippen LogP contribution is -2.68. The number of ether oxygens (including phenoxy) is 3. The van der Waals surface area contributed by atoms with Crippen molar-refractivity contribution in [1.82, 2.24) is 0 Å². The number of aliphatic hydroxyl groups excluding tert-OH is 1. The molecule has 0 aliphatic rings. The third kappa shape index (κ3) is 6.63. The second-order valence-electron chi connectivity index (χ2n) is 13.0. The maximum atomic E-state index is 14.0. The minimum absolute atomic E-state index is 0.199. The van der Waals surface area contributed by atoms with E-state index in [4.69, 9.17) is 18.6 Å². The number of benzene rings is 4. The molecule has 4 rings (SSSR count). The highest BCUT2D eigenvalue weighted by Gasteiger charge is 2.52. The first-order chi connectivity index (χ1) is 22.2. The SMILES string of the molecule is COCOC(=O)c1c(C)c(C)c(OC(=O)c2c(C)cc(O[Si](c3ccccc3)(c3ccccc3)C(C)(C)C)c(C)c2C)c(CO)c1C. The zero-order valence-corrected chi connectivity index (χ0v) is 30.2. The van der Waals surface area contributed by atoms with Crippen LogP contribution >= 0.6 is 0 Å². The maximum absolute atomic E-state index is 14.0. The average Bonchev–Trinajstić information content (AvgIpc) is 3.04. The normalized spacial score (nSPS) is 11.7. The van der Waals surface area contributed by atoms with Crippen molar-refractivity contribution in [2.24, 2.45) is 0 Å². The minimum atomic E-state index is -2.92. The first kappa shape index (κ1) is 35.6. The van der Waals surface area contributed by atoms with Crippen LogP contribution < -0.4 is 19.5 Å². The summed E-state index contributed by atoms with van der Waals surface area (Å²) in [6.07, 6.45) is 0. The Hall–Kier alpha value is -4.24. The van der Waals surface area contributed by atoms with Gasteiger partial charge in [-0.25, -0.2) is 9.59 Å². The Balaban J connectivity index is 1.81. The lowest BCUT2D eigenvalue weighted by atomic mass is 9.92. The van der Waals surface area contributed by atoms with Crippen LogP contribution in [0.15, 0.2) is 66.7 Å². The molecule has 0 aromatic heterocycles. The molecule has 0 aliphatic carbocycles. The van der Waals surface area contributed by atoms with Crippen LogP contribution in [0.2, 0.25) is 5.04 Å². The molecule has 0 heterocycles. The van der Waals surface area contributed by atoms with Crippen molar-refractivity contribution < 1.29 is 33.3 Å². The van der Waals surface area contributed by atoms with Crippen LogP contribution in [0.1, 0.15) is 80.4 Å². The Labute approximate surface area is 279 Å². The number of carbonyl (C=O) groups excluding carboxylic acids is 2. The molecule has 0 unspecified atom stereocenters. The summed E-state index contributed by atoms with van der Waals surface area (Å²) in [6.45, 7) is 17.0. The number of aliphatic hydroxyl groups is 1. The summed E-state index contributed by atoms with van der Waals surface area (Å²) in [6, 6.07) is 22.8. The molecule has 47 heavy (non-hydrogen) atoms. The van der Waals surface area contributed by atoms with Gasteiger partial charge in [-0.15, -0.1) is 0 Å². The van der Waals surface area contributed by atoms with Gasteiger partial charge < -0.3 is 23.7 Å². The summed E-state index contributed by atoms with van der Waals surface area (Å²) < 4.78 is 23.5. The fourth-order valence-corrected chi connectivity index (χ4v) is 10.9. The summed E-state index contributed by atoms with van der Waals surface area (Å²) in [5.41, 5.74) is 5.05. The van der Waals surface area contributed by atoms with Crippen molar-refractivity contribution >= 4 is 30.6 Å². The van der Waals surface area contributed by atoms with Crippen LogP contribution in [0.3, 0.4) is 0 Å². The van der Waals surface area contributed by atoms with Gasteiger partial charge in [0.2, 0.25) is 0 Å². The molecule has 7 nitrogen and oxygen atoms in total.